The Morgan fingerprint density at radius 2 is 1.93 bits per heavy atom. The lowest BCUT2D eigenvalue weighted by molar-refractivity contribution is -0.115. The van der Waals surface area contributed by atoms with Crippen molar-refractivity contribution in [3.8, 4) is 17.2 Å². The maximum Gasteiger partial charge on any atom is 0.230 e. The van der Waals surface area contributed by atoms with Crippen molar-refractivity contribution in [3.05, 3.63) is 65.0 Å². The van der Waals surface area contributed by atoms with Crippen molar-refractivity contribution < 1.29 is 13.9 Å². The molecule has 0 bridgehead atoms. The lowest BCUT2D eigenvalue weighted by atomic mass is 10.1. The van der Waals surface area contributed by atoms with Crippen LogP contribution in [0, 0.1) is 0 Å². The van der Waals surface area contributed by atoms with E-state index in [0.29, 0.717) is 23.0 Å². The first-order valence-electron chi connectivity index (χ1n) is 9.05. The Labute approximate surface area is 167 Å². The molecular weight excluding hydrogens is 372 g/mol. The Morgan fingerprint density at radius 1 is 1.14 bits per heavy atom. The van der Waals surface area contributed by atoms with Crippen LogP contribution in [0.5, 0.6) is 5.75 Å². The van der Waals surface area contributed by atoms with Gasteiger partial charge in [0.15, 0.2) is 10.9 Å². The van der Waals surface area contributed by atoms with Gasteiger partial charge in [0.25, 0.3) is 0 Å². The van der Waals surface area contributed by atoms with E-state index in [-0.39, 0.29) is 5.91 Å². The van der Waals surface area contributed by atoms with Crippen LogP contribution in [0.2, 0.25) is 0 Å². The molecule has 2 aromatic carbocycles. The van der Waals surface area contributed by atoms with Gasteiger partial charge in [-0.2, -0.15) is 0 Å². The van der Waals surface area contributed by atoms with Gasteiger partial charge in [-0.3, -0.25) is 4.79 Å². The van der Waals surface area contributed by atoms with Gasteiger partial charge in [-0.05, 0) is 41.8 Å². The highest BCUT2D eigenvalue weighted by atomic mass is 32.1. The third-order valence-corrected chi connectivity index (χ3v) is 5.28. The van der Waals surface area contributed by atoms with E-state index < -0.39 is 0 Å². The summed E-state index contributed by atoms with van der Waals surface area (Å²) in [5, 5.41) is 6.25. The number of aryl methyl sites for hydroxylation is 1. The summed E-state index contributed by atoms with van der Waals surface area (Å²) in [5.74, 6) is 1.35. The van der Waals surface area contributed by atoms with Crippen molar-refractivity contribution in [1.29, 1.82) is 0 Å². The van der Waals surface area contributed by atoms with Crippen molar-refractivity contribution in [3.63, 3.8) is 0 Å². The second-order valence-corrected chi connectivity index (χ2v) is 7.31. The molecule has 142 valence electrons. The minimum Gasteiger partial charge on any atom is -0.497 e. The molecule has 0 spiro atoms. The number of furan rings is 1. The molecule has 5 nitrogen and oxygen atoms in total. The number of benzene rings is 2. The number of carbonyl (C=O) groups excluding carboxylic acids is 1. The van der Waals surface area contributed by atoms with Crippen molar-refractivity contribution >= 4 is 33.3 Å². The minimum atomic E-state index is -0.0838. The summed E-state index contributed by atoms with van der Waals surface area (Å²) < 4.78 is 11.1. The molecule has 28 heavy (non-hydrogen) atoms. The zero-order valence-electron chi connectivity index (χ0n) is 15.7. The van der Waals surface area contributed by atoms with Gasteiger partial charge in [-0.1, -0.05) is 31.2 Å². The van der Waals surface area contributed by atoms with Crippen LogP contribution in [0.3, 0.4) is 0 Å². The summed E-state index contributed by atoms with van der Waals surface area (Å²) in [6.45, 7) is 2.11. The molecule has 0 radical (unpaired) electrons. The molecule has 6 heteroatoms. The fraction of sp³-hybridized carbons (Fsp3) is 0.182. The normalized spacial score (nSPS) is 10.9. The van der Waals surface area contributed by atoms with Crippen LogP contribution in [0.4, 0.5) is 5.13 Å². The van der Waals surface area contributed by atoms with E-state index in [4.69, 9.17) is 9.15 Å². The molecule has 0 saturated carbocycles. The highest BCUT2D eigenvalue weighted by Crippen LogP contribution is 2.32. The largest absolute Gasteiger partial charge is 0.497 e. The average molecular weight is 392 g/mol. The van der Waals surface area contributed by atoms with Gasteiger partial charge in [0.05, 0.1) is 13.5 Å². The second-order valence-electron chi connectivity index (χ2n) is 6.45. The zero-order valence-corrected chi connectivity index (χ0v) is 16.5. The van der Waals surface area contributed by atoms with Crippen LogP contribution >= 0.6 is 11.3 Å². The minimum absolute atomic E-state index is 0.0838. The Morgan fingerprint density at radius 3 is 2.68 bits per heavy atom. The number of hydrogen-bond acceptors (Lipinski definition) is 5. The topological polar surface area (TPSA) is 64.4 Å². The van der Waals surface area contributed by atoms with Crippen LogP contribution in [-0.4, -0.2) is 18.0 Å². The van der Waals surface area contributed by atoms with E-state index in [2.05, 4.69) is 29.4 Å². The van der Waals surface area contributed by atoms with E-state index in [1.807, 2.05) is 41.8 Å². The summed E-state index contributed by atoms with van der Waals surface area (Å²) in [6, 6.07) is 15.7. The number of thiazole rings is 1. The van der Waals surface area contributed by atoms with Crippen LogP contribution in [0.1, 0.15) is 18.1 Å². The fourth-order valence-electron chi connectivity index (χ4n) is 2.96. The summed E-state index contributed by atoms with van der Waals surface area (Å²) in [7, 11) is 1.63. The molecule has 0 unspecified atom stereocenters. The molecule has 4 aromatic rings. The Kier molecular flexibility index (Phi) is 5.12. The van der Waals surface area contributed by atoms with E-state index in [1.165, 1.54) is 16.9 Å². The molecule has 0 atom stereocenters. The fourth-order valence-corrected chi connectivity index (χ4v) is 3.68. The zero-order chi connectivity index (χ0) is 19.5. The predicted octanol–water partition coefficient (Wildman–Crippen LogP) is 5.31. The first kappa shape index (κ1) is 18.3. The van der Waals surface area contributed by atoms with Crippen LogP contribution in [-0.2, 0) is 17.6 Å². The number of aromatic nitrogens is 1. The SMILES string of the molecule is CCc1ccc(CC(=O)Nc2nc(-c3cc4cc(OC)ccc4o3)cs2)cc1. The van der Waals surface area contributed by atoms with E-state index >= 15 is 0 Å². The molecular formula is C22H20N2O3S. The third-order valence-electron chi connectivity index (χ3n) is 4.52. The lowest BCUT2D eigenvalue weighted by Gasteiger charge is -2.03. The number of hydrogen-bond donors (Lipinski definition) is 1. The molecule has 2 heterocycles. The molecule has 0 saturated heterocycles. The lowest BCUT2D eigenvalue weighted by Crippen LogP contribution is -2.14. The molecule has 1 amide bonds. The van der Waals surface area contributed by atoms with Crippen molar-refractivity contribution in [2.24, 2.45) is 0 Å². The summed E-state index contributed by atoms with van der Waals surface area (Å²) in [6.07, 6.45) is 1.31. The van der Waals surface area contributed by atoms with E-state index in [1.54, 1.807) is 7.11 Å². The van der Waals surface area contributed by atoms with Gasteiger partial charge in [-0.15, -0.1) is 11.3 Å². The molecule has 0 aliphatic rings. The van der Waals surface area contributed by atoms with Crippen molar-refractivity contribution in [2.75, 3.05) is 12.4 Å². The van der Waals surface area contributed by atoms with Gasteiger partial charge in [-0.25, -0.2) is 4.98 Å². The Hall–Kier alpha value is -3.12. The molecule has 0 aliphatic carbocycles. The van der Waals surface area contributed by atoms with Gasteiger partial charge in [0, 0.05) is 10.8 Å². The maximum atomic E-state index is 12.3. The summed E-state index contributed by atoms with van der Waals surface area (Å²) >= 11 is 1.38. The first-order valence-corrected chi connectivity index (χ1v) is 9.93. The Bertz CT molecular complexity index is 1110. The molecule has 0 aliphatic heterocycles. The number of methoxy groups -OCH3 is 1. The van der Waals surface area contributed by atoms with E-state index in [9.17, 15) is 4.79 Å². The molecule has 0 fully saturated rings. The number of ether oxygens (including phenoxy) is 1. The van der Waals surface area contributed by atoms with Gasteiger partial charge in [0.1, 0.15) is 17.0 Å². The number of carbonyl (C=O) groups is 1. The highest BCUT2D eigenvalue weighted by molar-refractivity contribution is 7.14. The summed E-state index contributed by atoms with van der Waals surface area (Å²) in [5.41, 5.74) is 3.71. The number of fused-ring (bicyclic) bond motifs is 1. The number of anilines is 1. The number of rotatable bonds is 6. The predicted molar refractivity (Wildman–Crippen MR) is 112 cm³/mol. The molecule has 2 aromatic heterocycles. The van der Waals surface area contributed by atoms with Crippen molar-refractivity contribution in [1.82, 2.24) is 4.98 Å². The van der Waals surface area contributed by atoms with Gasteiger partial charge in [0.2, 0.25) is 5.91 Å². The van der Waals surface area contributed by atoms with Gasteiger partial charge >= 0.3 is 0 Å². The van der Waals surface area contributed by atoms with Crippen LogP contribution in [0.15, 0.2) is 58.3 Å². The summed E-state index contributed by atoms with van der Waals surface area (Å²) in [4.78, 5) is 16.8. The molecule has 1 N–H and O–H groups in total. The maximum absolute atomic E-state index is 12.3. The monoisotopic (exact) mass is 392 g/mol. The Balaban J connectivity index is 1.45. The van der Waals surface area contributed by atoms with E-state index in [0.717, 1.165) is 28.7 Å². The third kappa shape index (κ3) is 3.92. The average Bonchev–Trinajstić information content (AvgIpc) is 3.34. The smallest absolute Gasteiger partial charge is 0.230 e. The van der Waals surface area contributed by atoms with Crippen LogP contribution < -0.4 is 10.1 Å². The van der Waals surface area contributed by atoms with Gasteiger partial charge < -0.3 is 14.5 Å². The molecule has 4 rings (SSSR count). The number of amides is 1. The van der Waals surface area contributed by atoms with Crippen LogP contribution in [0.25, 0.3) is 22.4 Å². The first-order chi connectivity index (χ1) is 13.6. The van der Waals surface area contributed by atoms with Crippen molar-refractivity contribution in [2.45, 2.75) is 19.8 Å². The highest BCUT2D eigenvalue weighted by Gasteiger charge is 2.13. The number of nitrogens with one attached hydrogen (secondary N) is 1. The second kappa shape index (κ2) is 7.86. The quantitative estimate of drug-likeness (QED) is 0.483. The standard InChI is InChI=1S/C22H20N2O3S/c1-3-14-4-6-15(7-5-14)10-21(25)24-22-23-18(13-28-22)20-12-16-11-17(26-2)8-9-19(16)27-20/h4-9,11-13H,3,10H2,1-2H3,(H,23,24,25). The number of nitrogens with zero attached hydrogens (tertiary/aromatic N) is 1.